The molecule has 0 bridgehead atoms. The first-order valence-electron chi connectivity index (χ1n) is 6.62. The predicted octanol–water partition coefficient (Wildman–Crippen LogP) is 3.66. The van der Waals surface area contributed by atoms with E-state index in [4.69, 9.17) is 5.73 Å². The molecule has 1 rings (SSSR count). The number of carbonyl (C=O) groups is 1. The molecule has 1 aromatic carbocycles. The molecule has 0 atom stereocenters. The highest BCUT2D eigenvalue weighted by Gasteiger charge is 2.32. The fraction of sp³-hybridized carbons (Fsp3) is 0.500. The third-order valence-corrected chi connectivity index (χ3v) is 2.06. The van der Waals surface area contributed by atoms with Gasteiger partial charge in [-0.1, -0.05) is 33.8 Å². The Hall–Kier alpha value is -1.92. The van der Waals surface area contributed by atoms with Crippen molar-refractivity contribution in [1.29, 1.82) is 0 Å². The number of phenols is 1. The summed E-state index contributed by atoms with van der Waals surface area (Å²) >= 11 is 0. The molecule has 3 N–H and O–H groups in total. The van der Waals surface area contributed by atoms with E-state index in [1.807, 2.05) is 27.7 Å². The minimum atomic E-state index is -4.49. The SMILES string of the molecule is CC.CC.CN(CC(F)(F)F)C(=O)c1cccc(N)c1O. The van der Waals surface area contributed by atoms with E-state index in [2.05, 4.69) is 0 Å². The van der Waals surface area contributed by atoms with Gasteiger partial charge in [-0.3, -0.25) is 4.79 Å². The lowest BCUT2D eigenvalue weighted by Gasteiger charge is -2.19. The first-order chi connectivity index (χ1) is 9.72. The van der Waals surface area contributed by atoms with Crippen LogP contribution in [0.15, 0.2) is 18.2 Å². The molecule has 0 spiro atoms. The van der Waals surface area contributed by atoms with Crippen molar-refractivity contribution in [2.75, 3.05) is 19.3 Å². The number of amides is 1. The number of anilines is 1. The van der Waals surface area contributed by atoms with Crippen LogP contribution in [0.25, 0.3) is 0 Å². The quantitative estimate of drug-likeness (QED) is 0.647. The van der Waals surface area contributed by atoms with Crippen molar-refractivity contribution in [3.63, 3.8) is 0 Å². The van der Waals surface area contributed by atoms with Crippen molar-refractivity contribution in [2.24, 2.45) is 0 Å². The second kappa shape index (κ2) is 9.90. The summed E-state index contributed by atoms with van der Waals surface area (Å²) < 4.78 is 36.2. The number of nitrogens with zero attached hydrogens (tertiary/aromatic N) is 1. The van der Waals surface area contributed by atoms with Crippen molar-refractivity contribution in [2.45, 2.75) is 33.9 Å². The number of rotatable bonds is 2. The number of nitrogen functional groups attached to an aromatic ring is 1. The van der Waals surface area contributed by atoms with E-state index in [1.54, 1.807) is 0 Å². The Kier molecular flexibility index (Phi) is 10.1. The van der Waals surface area contributed by atoms with E-state index in [0.29, 0.717) is 4.90 Å². The molecule has 0 radical (unpaired) electrons. The summed E-state index contributed by atoms with van der Waals surface area (Å²) in [5, 5.41) is 9.46. The van der Waals surface area contributed by atoms with Crippen molar-refractivity contribution in [1.82, 2.24) is 4.90 Å². The van der Waals surface area contributed by atoms with Crippen molar-refractivity contribution >= 4 is 11.6 Å². The lowest BCUT2D eigenvalue weighted by atomic mass is 10.1. The Bertz CT molecular complexity index is 435. The third kappa shape index (κ3) is 7.43. The third-order valence-electron chi connectivity index (χ3n) is 2.06. The first-order valence-corrected chi connectivity index (χ1v) is 6.62. The maximum Gasteiger partial charge on any atom is 0.406 e. The second-order valence-electron chi connectivity index (χ2n) is 3.52. The van der Waals surface area contributed by atoms with Crippen molar-refractivity contribution < 1.29 is 23.1 Å². The van der Waals surface area contributed by atoms with Crippen LogP contribution in [0, 0.1) is 0 Å². The Morgan fingerprint density at radius 3 is 2.14 bits per heavy atom. The van der Waals surface area contributed by atoms with Crippen LogP contribution in [-0.4, -0.2) is 35.7 Å². The van der Waals surface area contributed by atoms with Gasteiger partial charge in [0.25, 0.3) is 5.91 Å². The standard InChI is InChI=1S/C10H11F3N2O2.2C2H6/c1-15(5-10(11,12)13)9(17)6-3-2-4-7(14)8(6)16;2*1-2/h2-4,16H,5,14H2,1H3;2*1-2H3. The monoisotopic (exact) mass is 308 g/mol. The highest BCUT2D eigenvalue weighted by atomic mass is 19.4. The van der Waals surface area contributed by atoms with E-state index in [9.17, 15) is 23.1 Å². The summed E-state index contributed by atoms with van der Waals surface area (Å²) in [5.41, 5.74) is 5.03. The van der Waals surface area contributed by atoms with Gasteiger partial charge in [-0.25, -0.2) is 0 Å². The average molecular weight is 308 g/mol. The molecule has 0 aromatic heterocycles. The lowest BCUT2D eigenvalue weighted by Crippen LogP contribution is -2.35. The molecular formula is C14H23F3N2O2. The van der Waals surface area contributed by atoms with Gasteiger partial charge in [0.2, 0.25) is 0 Å². The van der Waals surface area contributed by atoms with Crippen LogP contribution in [0.2, 0.25) is 0 Å². The Balaban J connectivity index is 0. The van der Waals surface area contributed by atoms with Gasteiger partial charge in [0.05, 0.1) is 11.3 Å². The Labute approximate surface area is 123 Å². The number of halogens is 3. The van der Waals surface area contributed by atoms with Gasteiger partial charge in [-0.15, -0.1) is 0 Å². The van der Waals surface area contributed by atoms with Crippen LogP contribution in [0.1, 0.15) is 38.1 Å². The summed E-state index contributed by atoms with van der Waals surface area (Å²) in [6.07, 6.45) is -4.49. The number of nitrogens with two attached hydrogens (primary N) is 1. The van der Waals surface area contributed by atoms with Crippen LogP contribution in [0.3, 0.4) is 0 Å². The zero-order chi connectivity index (χ0) is 17.2. The molecule has 21 heavy (non-hydrogen) atoms. The summed E-state index contributed by atoms with van der Waals surface area (Å²) in [4.78, 5) is 12.1. The fourth-order valence-electron chi connectivity index (χ4n) is 1.28. The fourth-order valence-corrected chi connectivity index (χ4v) is 1.28. The molecule has 0 aliphatic rings. The number of carbonyl (C=O) groups excluding carboxylic acids is 1. The molecule has 0 saturated carbocycles. The van der Waals surface area contributed by atoms with Gasteiger partial charge in [-0.2, -0.15) is 13.2 Å². The van der Waals surface area contributed by atoms with Crippen LogP contribution in [-0.2, 0) is 0 Å². The van der Waals surface area contributed by atoms with Gasteiger partial charge >= 0.3 is 6.18 Å². The lowest BCUT2D eigenvalue weighted by molar-refractivity contribution is -0.138. The van der Waals surface area contributed by atoms with Gasteiger partial charge in [-0.05, 0) is 12.1 Å². The topological polar surface area (TPSA) is 66.6 Å². The molecule has 122 valence electrons. The van der Waals surface area contributed by atoms with Crippen LogP contribution in [0.4, 0.5) is 18.9 Å². The normalized spacial score (nSPS) is 9.71. The van der Waals surface area contributed by atoms with E-state index in [-0.39, 0.29) is 11.3 Å². The number of benzene rings is 1. The molecule has 0 aliphatic carbocycles. The summed E-state index contributed by atoms with van der Waals surface area (Å²) in [6, 6.07) is 3.93. The van der Waals surface area contributed by atoms with E-state index in [1.165, 1.54) is 18.2 Å². The molecule has 0 saturated heterocycles. The van der Waals surface area contributed by atoms with Crippen molar-refractivity contribution in [3.05, 3.63) is 23.8 Å². The summed E-state index contributed by atoms with van der Waals surface area (Å²) in [7, 11) is 0.998. The molecular weight excluding hydrogens is 285 g/mol. The van der Waals surface area contributed by atoms with Crippen LogP contribution < -0.4 is 5.73 Å². The molecule has 0 heterocycles. The Morgan fingerprint density at radius 2 is 1.71 bits per heavy atom. The van der Waals surface area contributed by atoms with Gasteiger partial charge in [0.15, 0.2) is 5.75 Å². The molecule has 1 amide bonds. The molecule has 7 heteroatoms. The number of para-hydroxylation sites is 1. The molecule has 0 unspecified atom stereocenters. The van der Waals surface area contributed by atoms with E-state index >= 15 is 0 Å². The summed E-state index contributed by atoms with van der Waals surface area (Å²) in [5.74, 6) is -1.45. The number of alkyl halides is 3. The first kappa shape index (κ1) is 21.4. The zero-order valence-electron chi connectivity index (χ0n) is 13.0. The second-order valence-corrected chi connectivity index (χ2v) is 3.52. The highest BCUT2D eigenvalue weighted by Crippen LogP contribution is 2.26. The molecule has 0 fully saturated rings. The van der Waals surface area contributed by atoms with Gasteiger partial charge < -0.3 is 15.7 Å². The number of phenolic OH excluding ortho intramolecular Hbond substituents is 1. The zero-order valence-corrected chi connectivity index (χ0v) is 13.0. The Morgan fingerprint density at radius 1 is 1.24 bits per heavy atom. The minimum absolute atomic E-state index is 0.0590. The van der Waals surface area contributed by atoms with Crippen LogP contribution in [0.5, 0.6) is 5.75 Å². The molecule has 4 nitrogen and oxygen atoms in total. The van der Waals surface area contributed by atoms with Crippen molar-refractivity contribution in [3.8, 4) is 5.75 Å². The van der Waals surface area contributed by atoms with E-state index < -0.39 is 24.4 Å². The summed E-state index contributed by atoms with van der Waals surface area (Å²) in [6.45, 7) is 6.61. The van der Waals surface area contributed by atoms with Gasteiger partial charge in [0.1, 0.15) is 6.54 Å². The number of hydrogen-bond acceptors (Lipinski definition) is 3. The highest BCUT2D eigenvalue weighted by molar-refractivity contribution is 5.98. The smallest absolute Gasteiger partial charge is 0.406 e. The maximum absolute atomic E-state index is 12.1. The predicted molar refractivity (Wildman–Crippen MR) is 78.2 cm³/mol. The average Bonchev–Trinajstić information content (AvgIpc) is 2.44. The minimum Gasteiger partial charge on any atom is -0.505 e. The number of hydrogen-bond donors (Lipinski definition) is 2. The van der Waals surface area contributed by atoms with E-state index in [0.717, 1.165) is 7.05 Å². The van der Waals surface area contributed by atoms with Crippen LogP contribution >= 0.6 is 0 Å². The maximum atomic E-state index is 12.1. The molecule has 0 aliphatic heterocycles. The molecule has 1 aromatic rings. The largest absolute Gasteiger partial charge is 0.505 e. The number of aromatic hydroxyl groups is 1. The van der Waals surface area contributed by atoms with Gasteiger partial charge in [0, 0.05) is 7.05 Å².